The van der Waals surface area contributed by atoms with E-state index in [9.17, 15) is 13.2 Å². The summed E-state index contributed by atoms with van der Waals surface area (Å²) in [4.78, 5) is 12.3. The molecule has 0 saturated heterocycles. The minimum atomic E-state index is -3.69. The van der Waals surface area contributed by atoms with Gasteiger partial charge in [0.05, 0.1) is 11.2 Å². The van der Waals surface area contributed by atoms with Gasteiger partial charge in [0.2, 0.25) is 15.9 Å². The van der Waals surface area contributed by atoms with Crippen LogP contribution in [0.25, 0.3) is 17.2 Å². The topological polar surface area (TPSA) is 88.4 Å². The molecule has 2 N–H and O–H groups in total. The van der Waals surface area contributed by atoms with Gasteiger partial charge in [-0.15, -0.1) is 0 Å². The molecule has 0 unspecified atom stereocenters. The lowest BCUT2D eigenvalue weighted by molar-refractivity contribution is -0.111. The molecule has 3 rings (SSSR count). The minimum absolute atomic E-state index is 0.207. The number of carbonyl (C=O) groups excluding carboxylic acids is 1. The summed E-state index contributed by atoms with van der Waals surface area (Å²) in [6.45, 7) is 5.39. The van der Waals surface area contributed by atoms with E-state index >= 15 is 0 Å². The van der Waals surface area contributed by atoms with Crippen LogP contribution in [0.5, 0.6) is 0 Å². The molecule has 0 aliphatic heterocycles. The van der Waals surface area contributed by atoms with Gasteiger partial charge in [0.15, 0.2) is 0 Å². The van der Waals surface area contributed by atoms with Crippen molar-refractivity contribution in [2.24, 2.45) is 0 Å². The minimum Gasteiger partial charge on any atom is -0.465 e. The molecule has 3 aromatic rings. The second-order valence-corrected chi connectivity index (χ2v) is 9.42. The van der Waals surface area contributed by atoms with Crippen LogP contribution in [0.2, 0.25) is 0 Å². The molecule has 1 amide bonds. The molecule has 0 fully saturated rings. The Balaban J connectivity index is 1.79. The first-order chi connectivity index (χ1) is 14.1. The van der Waals surface area contributed by atoms with E-state index in [0.29, 0.717) is 17.0 Å². The van der Waals surface area contributed by atoms with E-state index in [-0.39, 0.29) is 10.8 Å². The predicted octanol–water partition coefficient (Wildman–Crippen LogP) is 4.68. The summed E-state index contributed by atoms with van der Waals surface area (Å²) in [6.07, 6.45) is 4.49. The number of rotatable bonds is 6. The summed E-state index contributed by atoms with van der Waals surface area (Å²) >= 11 is 0. The third-order valence-electron chi connectivity index (χ3n) is 4.02. The smallest absolute Gasteiger partial charge is 0.248 e. The molecular formula is C23H24N2O4S. The number of hydrogen-bond donors (Lipinski definition) is 2. The van der Waals surface area contributed by atoms with E-state index in [4.69, 9.17) is 4.42 Å². The fourth-order valence-electron chi connectivity index (χ4n) is 2.86. The van der Waals surface area contributed by atoms with Gasteiger partial charge in [-0.25, -0.2) is 13.1 Å². The number of sulfonamides is 1. The summed E-state index contributed by atoms with van der Waals surface area (Å²) in [6, 6.07) is 17.3. The van der Waals surface area contributed by atoms with Crippen LogP contribution >= 0.6 is 0 Å². The Bertz CT molecular complexity index is 1140. The van der Waals surface area contributed by atoms with Crippen LogP contribution in [0.3, 0.4) is 0 Å². The number of nitrogens with one attached hydrogen (secondary N) is 2. The maximum absolute atomic E-state index is 12.8. The third-order valence-corrected chi connectivity index (χ3v) is 5.84. The third kappa shape index (κ3) is 5.68. The highest BCUT2D eigenvalue weighted by Gasteiger charge is 2.24. The average Bonchev–Trinajstić information content (AvgIpc) is 3.19. The summed E-state index contributed by atoms with van der Waals surface area (Å²) in [5, 5.41) is 2.76. The summed E-state index contributed by atoms with van der Waals surface area (Å²) in [7, 11) is -3.69. The van der Waals surface area contributed by atoms with E-state index < -0.39 is 15.6 Å². The first kappa shape index (κ1) is 21.5. The number of benzene rings is 2. The number of anilines is 1. The highest BCUT2D eigenvalue weighted by atomic mass is 32.2. The fraction of sp³-hybridized carbons (Fsp3) is 0.174. The first-order valence-corrected chi connectivity index (χ1v) is 10.9. The maximum atomic E-state index is 12.8. The number of carbonyl (C=O) groups is 1. The molecule has 30 heavy (non-hydrogen) atoms. The van der Waals surface area contributed by atoms with Crippen LogP contribution in [-0.4, -0.2) is 19.9 Å². The van der Waals surface area contributed by atoms with Crippen molar-refractivity contribution in [1.29, 1.82) is 0 Å². The molecule has 7 heteroatoms. The molecule has 0 bridgehead atoms. The molecule has 0 aliphatic carbocycles. The van der Waals surface area contributed by atoms with E-state index in [1.807, 2.05) is 0 Å². The van der Waals surface area contributed by atoms with Crippen LogP contribution in [0.15, 0.2) is 82.3 Å². The largest absolute Gasteiger partial charge is 0.465 e. The van der Waals surface area contributed by atoms with Crippen molar-refractivity contribution >= 4 is 27.7 Å². The second kappa shape index (κ2) is 8.69. The van der Waals surface area contributed by atoms with Crippen molar-refractivity contribution in [2.45, 2.75) is 31.2 Å². The Hall–Kier alpha value is -3.16. The molecule has 0 aliphatic rings. The molecule has 0 radical (unpaired) electrons. The molecular weight excluding hydrogens is 400 g/mol. The van der Waals surface area contributed by atoms with E-state index in [1.165, 1.54) is 12.3 Å². The van der Waals surface area contributed by atoms with Gasteiger partial charge in [-0.2, -0.15) is 0 Å². The van der Waals surface area contributed by atoms with Gasteiger partial charge in [0.25, 0.3) is 0 Å². The van der Waals surface area contributed by atoms with E-state index in [2.05, 4.69) is 10.0 Å². The predicted molar refractivity (Wildman–Crippen MR) is 118 cm³/mol. The van der Waals surface area contributed by atoms with Crippen LogP contribution < -0.4 is 10.0 Å². The molecule has 1 aromatic heterocycles. The number of hydrogen-bond acceptors (Lipinski definition) is 4. The Morgan fingerprint density at radius 1 is 0.967 bits per heavy atom. The van der Waals surface area contributed by atoms with Gasteiger partial charge >= 0.3 is 0 Å². The van der Waals surface area contributed by atoms with E-state index in [1.54, 1.807) is 87.5 Å². The lowest BCUT2D eigenvalue weighted by Crippen LogP contribution is -2.40. The van der Waals surface area contributed by atoms with Crippen LogP contribution in [-0.2, 0) is 14.8 Å². The van der Waals surface area contributed by atoms with Gasteiger partial charge in [0.1, 0.15) is 5.76 Å². The van der Waals surface area contributed by atoms with Gasteiger partial charge < -0.3 is 9.73 Å². The average molecular weight is 425 g/mol. The SMILES string of the molecule is CC(C)(C)NS(=O)(=O)c1ccccc1-c1ccc(NC(=O)/C=C/c2ccco2)cc1. The molecule has 156 valence electrons. The van der Waals surface area contributed by atoms with E-state index in [0.717, 1.165) is 5.56 Å². The van der Waals surface area contributed by atoms with Gasteiger partial charge in [-0.3, -0.25) is 4.79 Å². The zero-order valence-corrected chi connectivity index (χ0v) is 17.9. The second-order valence-electron chi connectivity index (χ2n) is 7.77. The zero-order valence-electron chi connectivity index (χ0n) is 17.0. The molecule has 0 spiro atoms. The van der Waals surface area contributed by atoms with Crippen molar-refractivity contribution < 1.29 is 17.6 Å². The van der Waals surface area contributed by atoms with Crippen molar-refractivity contribution in [3.63, 3.8) is 0 Å². The lowest BCUT2D eigenvalue weighted by atomic mass is 10.1. The number of amides is 1. The quantitative estimate of drug-likeness (QED) is 0.563. The standard InChI is InChI=1S/C23H24N2O4S/c1-23(2,3)25-30(27,28)21-9-5-4-8-20(21)17-10-12-18(13-11-17)24-22(26)15-14-19-7-6-16-29-19/h4-16,25H,1-3H3,(H,24,26)/b15-14+. The summed E-state index contributed by atoms with van der Waals surface area (Å²) in [5.41, 5.74) is 1.32. The van der Waals surface area contributed by atoms with Crippen molar-refractivity contribution in [3.8, 4) is 11.1 Å². The number of furan rings is 1. The molecule has 0 saturated carbocycles. The fourth-order valence-corrected chi connectivity index (χ4v) is 4.51. The van der Waals surface area contributed by atoms with Crippen LogP contribution in [0, 0.1) is 0 Å². The van der Waals surface area contributed by atoms with Crippen molar-refractivity contribution in [3.05, 3.63) is 78.8 Å². The lowest BCUT2D eigenvalue weighted by Gasteiger charge is -2.21. The summed E-state index contributed by atoms with van der Waals surface area (Å²) in [5.74, 6) is 0.290. The van der Waals surface area contributed by atoms with Gasteiger partial charge in [-0.05, 0) is 62.7 Å². The maximum Gasteiger partial charge on any atom is 0.248 e. The van der Waals surface area contributed by atoms with Crippen LogP contribution in [0.1, 0.15) is 26.5 Å². The van der Waals surface area contributed by atoms with Crippen molar-refractivity contribution in [1.82, 2.24) is 4.72 Å². The van der Waals surface area contributed by atoms with Crippen molar-refractivity contribution in [2.75, 3.05) is 5.32 Å². The highest BCUT2D eigenvalue weighted by molar-refractivity contribution is 7.89. The Kier molecular flexibility index (Phi) is 6.24. The Morgan fingerprint density at radius 3 is 2.30 bits per heavy atom. The van der Waals surface area contributed by atoms with Gasteiger partial charge in [-0.1, -0.05) is 30.3 Å². The highest BCUT2D eigenvalue weighted by Crippen LogP contribution is 2.29. The molecule has 0 atom stereocenters. The molecule has 2 aromatic carbocycles. The summed E-state index contributed by atoms with van der Waals surface area (Å²) < 4.78 is 33.5. The normalized spacial score (nSPS) is 12.2. The Morgan fingerprint density at radius 2 is 1.67 bits per heavy atom. The zero-order chi connectivity index (χ0) is 21.8. The first-order valence-electron chi connectivity index (χ1n) is 9.40. The van der Waals surface area contributed by atoms with Gasteiger partial charge in [0, 0.05) is 22.9 Å². The molecule has 1 heterocycles. The monoisotopic (exact) mass is 424 g/mol. The molecule has 6 nitrogen and oxygen atoms in total. The van der Waals surface area contributed by atoms with Crippen LogP contribution in [0.4, 0.5) is 5.69 Å². The Labute approximate surface area is 176 Å².